The smallest absolute Gasteiger partial charge is 0.382 e. The Hall–Kier alpha value is -4.82. The number of hydrogen-bond acceptors (Lipinski definition) is 7. The third-order valence-corrected chi connectivity index (χ3v) is 6.16. The lowest BCUT2D eigenvalue weighted by atomic mass is 10.1. The minimum atomic E-state index is -4.95. The predicted molar refractivity (Wildman–Crippen MR) is 142 cm³/mol. The number of nitrogens with one attached hydrogen (secondary N) is 1. The molecule has 15 heteroatoms. The first-order valence-electron chi connectivity index (χ1n) is 12.0. The van der Waals surface area contributed by atoms with Crippen molar-refractivity contribution in [2.75, 3.05) is 5.32 Å². The molecule has 0 aliphatic heterocycles. The molecule has 2 N–H and O–H groups in total. The standard InChI is InChI=1S/C26H20ClF3N8O3/c27-17-9-7-16(8-10-17)23-35-37(25(41)36(23)13-21(39)26(28,29)30)14-22-32-15-38(34-22)20-6-2-1-5-19(20)24(40)33-18-4-3-11-31-12-18/h1-12,15,21,39H,13-14H2,(H,33,40)/t21-/m0/s1. The highest BCUT2D eigenvalue weighted by Crippen LogP contribution is 2.24. The summed E-state index contributed by atoms with van der Waals surface area (Å²) in [4.78, 5) is 34.2. The maximum Gasteiger partial charge on any atom is 0.416 e. The molecule has 0 spiro atoms. The number of aliphatic hydroxyl groups excluding tert-OH is 1. The summed E-state index contributed by atoms with van der Waals surface area (Å²) in [6.07, 6.45) is -3.34. The van der Waals surface area contributed by atoms with E-state index in [-0.39, 0.29) is 23.8 Å². The molecule has 0 saturated heterocycles. The molecule has 1 atom stereocenters. The molecular weight excluding hydrogens is 565 g/mol. The normalized spacial score (nSPS) is 12.3. The molecule has 0 saturated carbocycles. The van der Waals surface area contributed by atoms with Crippen molar-refractivity contribution in [1.29, 1.82) is 0 Å². The van der Waals surface area contributed by atoms with E-state index in [2.05, 4.69) is 25.5 Å². The monoisotopic (exact) mass is 584 g/mol. The summed E-state index contributed by atoms with van der Waals surface area (Å²) in [6, 6.07) is 16.0. The molecule has 3 aromatic heterocycles. The fourth-order valence-corrected chi connectivity index (χ4v) is 4.04. The van der Waals surface area contributed by atoms with Crippen LogP contribution in [0.4, 0.5) is 18.9 Å². The van der Waals surface area contributed by atoms with E-state index >= 15 is 0 Å². The third kappa shape index (κ3) is 6.18. The Morgan fingerprint density at radius 2 is 1.80 bits per heavy atom. The fourth-order valence-electron chi connectivity index (χ4n) is 3.92. The van der Waals surface area contributed by atoms with Gasteiger partial charge in [0.25, 0.3) is 5.91 Å². The van der Waals surface area contributed by atoms with E-state index in [1.807, 2.05) is 0 Å². The third-order valence-electron chi connectivity index (χ3n) is 5.90. The van der Waals surface area contributed by atoms with Crippen molar-refractivity contribution in [3.63, 3.8) is 0 Å². The number of rotatable bonds is 8. The van der Waals surface area contributed by atoms with E-state index in [1.54, 1.807) is 42.6 Å². The van der Waals surface area contributed by atoms with Crippen molar-refractivity contribution in [1.82, 2.24) is 34.1 Å². The molecule has 0 unspecified atom stereocenters. The van der Waals surface area contributed by atoms with Crippen LogP contribution in [-0.2, 0) is 13.1 Å². The van der Waals surface area contributed by atoms with Gasteiger partial charge in [-0.1, -0.05) is 23.7 Å². The zero-order chi connectivity index (χ0) is 29.1. The minimum Gasteiger partial charge on any atom is -0.382 e. The molecule has 0 radical (unpaired) electrons. The number of aliphatic hydroxyl groups is 1. The lowest BCUT2D eigenvalue weighted by Crippen LogP contribution is -2.37. The highest BCUT2D eigenvalue weighted by molar-refractivity contribution is 6.30. The Balaban J connectivity index is 1.45. The van der Waals surface area contributed by atoms with E-state index in [0.29, 0.717) is 22.0 Å². The summed E-state index contributed by atoms with van der Waals surface area (Å²) in [6.45, 7) is -1.37. The van der Waals surface area contributed by atoms with Gasteiger partial charge in [0.05, 0.1) is 29.7 Å². The van der Waals surface area contributed by atoms with Gasteiger partial charge in [-0.05, 0) is 48.5 Å². The van der Waals surface area contributed by atoms with Gasteiger partial charge in [-0.2, -0.15) is 13.2 Å². The zero-order valence-corrected chi connectivity index (χ0v) is 21.7. The molecule has 5 aromatic rings. The average Bonchev–Trinajstić information content (AvgIpc) is 3.54. The van der Waals surface area contributed by atoms with Crippen LogP contribution < -0.4 is 11.0 Å². The molecule has 0 aliphatic carbocycles. The van der Waals surface area contributed by atoms with Gasteiger partial charge in [-0.25, -0.2) is 19.1 Å². The van der Waals surface area contributed by atoms with E-state index in [0.717, 1.165) is 9.25 Å². The van der Waals surface area contributed by atoms with E-state index in [9.17, 15) is 27.9 Å². The summed E-state index contributed by atoms with van der Waals surface area (Å²) in [5.74, 6) is -0.429. The molecule has 210 valence electrons. The Kier molecular flexibility index (Phi) is 7.68. The van der Waals surface area contributed by atoms with Crippen LogP contribution in [0.3, 0.4) is 0 Å². The molecule has 3 heterocycles. The SMILES string of the molecule is O=C(Nc1cccnc1)c1ccccc1-n1cnc(Cn2nc(-c3ccc(Cl)cc3)n(C[C@H](O)C(F)(F)F)c2=O)n1. The van der Waals surface area contributed by atoms with Gasteiger partial charge in [0, 0.05) is 16.8 Å². The number of carbonyl (C=O) groups is 1. The van der Waals surface area contributed by atoms with Crippen molar-refractivity contribution >= 4 is 23.2 Å². The van der Waals surface area contributed by atoms with Crippen LogP contribution in [0, 0.1) is 0 Å². The van der Waals surface area contributed by atoms with Gasteiger partial charge in [0.1, 0.15) is 12.9 Å². The summed E-state index contributed by atoms with van der Waals surface area (Å²) in [7, 11) is 0. The first kappa shape index (κ1) is 27.7. The Morgan fingerprint density at radius 1 is 1.05 bits per heavy atom. The zero-order valence-electron chi connectivity index (χ0n) is 20.9. The van der Waals surface area contributed by atoms with Gasteiger partial charge in [-0.3, -0.25) is 14.3 Å². The number of anilines is 1. The molecular formula is C26H20ClF3N8O3. The highest BCUT2D eigenvalue weighted by Gasteiger charge is 2.39. The Labute approximate surface area is 234 Å². The highest BCUT2D eigenvalue weighted by atomic mass is 35.5. The second-order valence-electron chi connectivity index (χ2n) is 8.76. The number of alkyl halides is 3. The maximum absolute atomic E-state index is 13.1. The van der Waals surface area contributed by atoms with Gasteiger partial charge >= 0.3 is 11.9 Å². The Bertz CT molecular complexity index is 1730. The number of aromatic nitrogens is 7. The quantitative estimate of drug-likeness (QED) is 0.285. The molecule has 2 aromatic carbocycles. The predicted octanol–water partition coefficient (Wildman–Crippen LogP) is 3.56. The first-order chi connectivity index (χ1) is 19.6. The summed E-state index contributed by atoms with van der Waals surface area (Å²) in [5, 5.41) is 21.3. The second kappa shape index (κ2) is 11.3. The largest absolute Gasteiger partial charge is 0.416 e. The number of carbonyl (C=O) groups excluding carboxylic acids is 1. The number of pyridine rings is 1. The van der Waals surface area contributed by atoms with Gasteiger partial charge in [-0.15, -0.1) is 10.2 Å². The average molecular weight is 585 g/mol. The summed E-state index contributed by atoms with van der Waals surface area (Å²) < 4.78 is 42.3. The number of amides is 1. The maximum atomic E-state index is 13.1. The Morgan fingerprint density at radius 3 is 2.51 bits per heavy atom. The van der Waals surface area contributed by atoms with Crippen LogP contribution in [0.25, 0.3) is 17.1 Å². The number of nitrogens with zero attached hydrogens (tertiary/aromatic N) is 7. The van der Waals surface area contributed by atoms with E-state index in [4.69, 9.17) is 11.6 Å². The van der Waals surface area contributed by atoms with Crippen LogP contribution in [0.5, 0.6) is 0 Å². The lowest BCUT2D eigenvalue weighted by molar-refractivity contribution is -0.207. The topological polar surface area (TPSA) is 133 Å². The van der Waals surface area contributed by atoms with Crippen molar-refractivity contribution in [3.05, 3.63) is 106 Å². The lowest BCUT2D eigenvalue weighted by Gasteiger charge is -2.15. The second-order valence-corrected chi connectivity index (χ2v) is 9.19. The van der Waals surface area contributed by atoms with E-state index in [1.165, 1.54) is 41.5 Å². The molecule has 0 fully saturated rings. The number of benzene rings is 2. The van der Waals surface area contributed by atoms with Crippen LogP contribution in [0.1, 0.15) is 16.2 Å². The van der Waals surface area contributed by atoms with E-state index < -0.39 is 30.4 Å². The van der Waals surface area contributed by atoms with Gasteiger partial charge in [0.2, 0.25) is 0 Å². The van der Waals surface area contributed by atoms with Gasteiger partial charge < -0.3 is 10.4 Å². The van der Waals surface area contributed by atoms with Crippen molar-refractivity contribution in [2.45, 2.75) is 25.4 Å². The molecule has 41 heavy (non-hydrogen) atoms. The van der Waals surface area contributed by atoms with Crippen LogP contribution in [0.2, 0.25) is 5.02 Å². The van der Waals surface area contributed by atoms with Crippen molar-refractivity contribution in [2.24, 2.45) is 0 Å². The molecule has 0 bridgehead atoms. The van der Waals surface area contributed by atoms with Crippen molar-refractivity contribution < 1.29 is 23.1 Å². The molecule has 5 rings (SSSR count). The molecule has 1 amide bonds. The first-order valence-corrected chi connectivity index (χ1v) is 12.4. The minimum absolute atomic E-state index is 0.0956. The van der Waals surface area contributed by atoms with Crippen LogP contribution in [0.15, 0.2) is 84.2 Å². The summed E-state index contributed by atoms with van der Waals surface area (Å²) >= 11 is 5.92. The number of para-hydroxylation sites is 1. The van der Waals surface area contributed by atoms with Crippen LogP contribution in [-0.4, -0.2) is 57.4 Å². The fraction of sp³-hybridized carbons (Fsp3) is 0.154. The van der Waals surface area contributed by atoms with Gasteiger partial charge in [0.15, 0.2) is 17.8 Å². The van der Waals surface area contributed by atoms with Crippen molar-refractivity contribution in [3.8, 4) is 17.1 Å². The molecule has 0 aliphatic rings. The summed E-state index contributed by atoms with van der Waals surface area (Å²) in [5.41, 5.74) is 0.562. The van der Waals surface area contributed by atoms with Crippen LogP contribution >= 0.6 is 11.6 Å². The number of halogens is 4. The number of hydrogen-bond donors (Lipinski definition) is 2. The molecule has 11 nitrogen and oxygen atoms in total.